The van der Waals surface area contributed by atoms with E-state index in [1.165, 1.54) is 67.2 Å². The maximum atomic E-state index is 3.80. The Kier molecular flexibility index (Phi) is 4.49. The molecule has 35 heavy (non-hydrogen) atoms. The fraction of sp³-hybridized carbons (Fsp3) is 0.353. The number of halogens is 1. The van der Waals surface area contributed by atoms with Crippen molar-refractivity contribution in [1.29, 1.82) is 0 Å². The van der Waals surface area contributed by atoms with Crippen molar-refractivity contribution in [2.45, 2.75) is 50.4 Å². The summed E-state index contributed by atoms with van der Waals surface area (Å²) >= 11 is 3.80. The van der Waals surface area contributed by atoms with Crippen molar-refractivity contribution < 1.29 is 0 Å². The summed E-state index contributed by atoms with van der Waals surface area (Å²) in [5.74, 6) is 3.71. The number of rotatable bonds is 2. The Hall–Kier alpha value is -2.38. The van der Waals surface area contributed by atoms with E-state index < -0.39 is 0 Å². The van der Waals surface area contributed by atoms with Gasteiger partial charge in [-0.3, -0.25) is 0 Å². The van der Waals surface area contributed by atoms with Gasteiger partial charge in [-0.15, -0.1) is 0 Å². The molecule has 0 amide bonds. The van der Waals surface area contributed by atoms with Gasteiger partial charge in [-0.05, 0) is 137 Å². The Morgan fingerprint density at radius 1 is 0.629 bits per heavy atom. The van der Waals surface area contributed by atoms with Crippen LogP contribution in [-0.2, 0) is 5.41 Å². The van der Waals surface area contributed by atoms with Gasteiger partial charge in [0.1, 0.15) is 0 Å². The summed E-state index contributed by atoms with van der Waals surface area (Å²) in [6.07, 6.45) is 15.0. The van der Waals surface area contributed by atoms with Crippen LogP contribution in [0, 0.1) is 23.7 Å². The van der Waals surface area contributed by atoms with Crippen molar-refractivity contribution in [3.05, 3.63) is 100 Å². The molecule has 6 aliphatic rings. The van der Waals surface area contributed by atoms with Gasteiger partial charge in [-0.25, -0.2) is 0 Å². The average molecular weight is 520 g/mol. The van der Waals surface area contributed by atoms with Crippen LogP contribution in [-0.4, -0.2) is 0 Å². The Bertz CT molecular complexity index is 1380. The summed E-state index contributed by atoms with van der Waals surface area (Å²) in [7, 11) is 0. The lowest BCUT2D eigenvalue weighted by atomic mass is 9.43. The zero-order chi connectivity index (χ0) is 23.1. The normalized spacial score (nSPS) is 31.8. The van der Waals surface area contributed by atoms with Gasteiger partial charge in [0.25, 0.3) is 0 Å². The topological polar surface area (TPSA) is 0 Å². The summed E-state index contributed by atoms with van der Waals surface area (Å²) in [6.45, 7) is 0. The second kappa shape index (κ2) is 7.56. The predicted octanol–water partition coefficient (Wildman–Crippen LogP) is 9.59. The first kappa shape index (κ1) is 20.8. The Balaban J connectivity index is 1.29. The highest BCUT2D eigenvalue weighted by molar-refractivity contribution is 9.10. The molecule has 0 atom stereocenters. The fourth-order valence-corrected chi connectivity index (χ4v) is 9.63. The highest BCUT2D eigenvalue weighted by Crippen LogP contribution is 2.70. The van der Waals surface area contributed by atoms with Crippen LogP contribution in [0.25, 0.3) is 27.8 Å². The second-order valence-corrected chi connectivity index (χ2v) is 12.8. The highest BCUT2D eigenvalue weighted by Gasteiger charge is 2.62. The van der Waals surface area contributed by atoms with E-state index in [9.17, 15) is 0 Å². The number of hydrogen-bond donors (Lipinski definition) is 0. The van der Waals surface area contributed by atoms with Crippen LogP contribution in [0.2, 0.25) is 0 Å². The molecular formula is C34H31Br. The Morgan fingerprint density at radius 2 is 1.31 bits per heavy atom. The predicted molar refractivity (Wildman–Crippen MR) is 149 cm³/mol. The monoisotopic (exact) mass is 518 g/mol. The molecule has 0 aliphatic heterocycles. The molecule has 9 rings (SSSR count). The molecule has 1 heteroatoms. The van der Waals surface area contributed by atoms with Crippen LogP contribution in [0.4, 0.5) is 0 Å². The van der Waals surface area contributed by atoms with Crippen LogP contribution in [0.3, 0.4) is 0 Å². The third-order valence-electron chi connectivity index (χ3n) is 10.1. The second-order valence-electron chi connectivity index (χ2n) is 11.8. The van der Waals surface area contributed by atoms with Crippen LogP contribution >= 0.6 is 15.9 Å². The van der Waals surface area contributed by atoms with Crippen molar-refractivity contribution in [3.8, 4) is 22.3 Å². The summed E-state index contributed by atoms with van der Waals surface area (Å²) in [6, 6.07) is 25.1. The number of fused-ring (bicyclic) bond motifs is 3. The molecule has 4 saturated carbocycles. The molecule has 1 spiro atoms. The smallest absolute Gasteiger partial charge is 0.0268 e. The molecule has 0 heterocycles. The maximum Gasteiger partial charge on any atom is 0.0268 e. The Labute approximate surface area is 217 Å². The molecule has 0 radical (unpaired) electrons. The van der Waals surface area contributed by atoms with Crippen LogP contribution in [0.1, 0.15) is 56.1 Å². The van der Waals surface area contributed by atoms with Crippen LogP contribution < -0.4 is 0 Å². The lowest BCUT2D eigenvalue weighted by Gasteiger charge is -2.61. The van der Waals surface area contributed by atoms with Crippen molar-refractivity contribution in [2.24, 2.45) is 23.7 Å². The summed E-state index contributed by atoms with van der Waals surface area (Å²) in [5, 5.41) is 0. The molecule has 3 aromatic rings. The SMILES string of the molecule is Brc1cc(-c2ccccc2)cc(-c2ccc3c(c2)C2=CCCC=C2C32C3CC4CC(C3)CC2C4)c1. The zero-order valence-corrected chi connectivity index (χ0v) is 21.7. The third-order valence-corrected chi connectivity index (χ3v) is 10.6. The minimum absolute atomic E-state index is 0.306. The molecule has 0 unspecified atom stereocenters. The van der Waals surface area contributed by atoms with Gasteiger partial charge in [-0.2, -0.15) is 0 Å². The first-order valence-electron chi connectivity index (χ1n) is 13.6. The minimum atomic E-state index is 0.306. The molecule has 6 aliphatic carbocycles. The third kappa shape index (κ3) is 2.91. The molecule has 4 fully saturated rings. The van der Waals surface area contributed by atoms with Gasteiger partial charge in [0, 0.05) is 9.89 Å². The van der Waals surface area contributed by atoms with E-state index in [1.807, 2.05) is 0 Å². The largest absolute Gasteiger partial charge is 0.0795 e. The van der Waals surface area contributed by atoms with Gasteiger partial charge in [0.2, 0.25) is 0 Å². The van der Waals surface area contributed by atoms with Crippen molar-refractivity contribution in [1.82, 2.24) is 0 Å². The zero-order valence-electron chi connectivity index (χ0n) is 20.1. The van der Waals surface area contributed by atoms with Crippen molar-refractivity contribution in [3.63, 3.8) is 0 Å². The molecule has 0 aromatic heterocycles. The number of hydrogen-bond acceptors (Lipinski definition) is 0. The van der Waals surface area contributed by atoms with Crippen molar-refractivity contribution in [2.75, 3.05) is 0 Å². The van der Waals surface area contributed by atoms with E-state index in [-0.39, 0.29) is 0 Å². The standard InChI is InChI=1S/C34H31Br/c35-29-18-25(23-6-2-1-3-7-23)17-26(19-29)24-10-11-33-31(20-24)30-8-4-5-9-32(30)34(33)27-13-21-12-22(15-27)16-28(34)14-21/h1-3,6-11,17-22,27-28H,4-5,12-16H2. The average Bonchev–Trinajstić information content (AvgIpc) is 3.17. The summed E-state index contributed by atoms with van der Waals surface area (Å²) in [4.78, 5) is 0. The van der Waals surface area contributed by atoms with Gasteiger partial charge in [0.15, 0.2) is 0 Å². The summed E-state index contributed by atoms with van der Waals surface area (Å²) in [5.41, 5.74) is 12.0. The number of benzene rings is 3. The lowest BCUT2D eigenvalue weighted by Crippen LogP contribution is -2.55. The molecule has 174 valence electrons. The van der Waals surface area contributed by atoms with E-state index in [2.05, 4.69) is 94.8 Å². The van der Waals surface area contributed by atoms with Gasteiger partial charge < -0.3 is 0 Å². The highest BCUT2D eigenvalue weighted by atomic mass is 79.9. The molecule has 0 saturated heterocycles. The van der Waals surface area contributed by atoms with Gasteiger partial charge in [-0.1, -0.05) is 70.5 Å². The van der Waals surface area contributed by atoms with E-state index in [4.69, 9.17) is 0 Å². The minimum Gasteiger partial charge on any atom is -0.0795 e. The Morgan fingerprint density at radius 3 is 2.06 bits per heavy atom. The quantitative estimate of drug-likeness (QED) is 0.316. The molecular weight excluding hydrogens is 488 g/mol. The van der Waals surface area contributed by atoms with E-state index >= 15 is 0 Å². The molecule has 0 nitrogen and oxygen atoms in total. The first-order chi connectivity index (χ1) is 17.2. The molecule has 0 N–H and O–H groups in total. The maximum absolute atomic E-state index is 3.80. The molecule has 4 bridgehead atoms. The van der Waals surface area contributed by atoms with E-state index in [0.29, 0.717) is 5.41 Å². The van der Waals surface area contributed by atoms with Gasteiger partial charge >= 0.3 is 0 Å². The van der Waals surface area contributed by atoms with E-state index in [0.717, 1.165) is 28.1 Å². The fourth-order valence-electron chi connectivity index (χ4n) is 9.14. The van der Waals surface area contributed by atoms with Crippen LogP contribution in [0.15, 0.2) is 88.9 Å². The van der Waals surface area contributed by atoms with Crippen LogP contribution in [0.5, 0.6) is 0 Å². The van der Waals surface area contributed by atoms with Crippen molar-refractivity contribution >= 4 is 21.5 Å². The molecule has 3 aromatic carbocycles. The summed E-state index contributed by atoms with van der Waals surface area (Å²) < 4.78 is 1.14. The number of allylic oxidation sites excluding steroid dienone is 4. The lowest BCUT2D eigenvalue weighted by molar-refractivity contribution is -0.0401. The first-order valence-corrected chi connectivity index (χ1v) is 14.4. The van der Waals surface area contributed by atoms with E-state index in [1.54, 1.807) is 22.3 Å². The van der Waals surface area contributed by atoms with Gasteiger partial charge in [0.05, 0.1) is 0 Å².